The average Bonchev–Trinajstić information content (AvgIpc) is 2.83. The molecule has 0 unspecified atom stereocenters. The van der Waals surface area contributed by atoms with Crippen LogP contribution < -0.4 is 10.0 Å². The molecule has 0 radical (unpaired) electrons. The van der Waals surface area contributed by atoms with Crippen LogP contribution in [0.25, 0.3) is 0 Å². The van der Waals surface area contributed by atoms with Crippen LogP contribution in [-0.4, -0.2) is 19.9 Å². The minimum atomic E-state index is -3.57. The molecule has 0 atom stereocenters. The molecule has 0 bridgehead atoms. The Bertz CT molecular complexity index is 680. The van der Waals surface area contributed by atoms with E-state index in [1.807, 2.05) is 25.3 Å². The van der Waals surface area contributed by atoms with Gasteiger partial charge >= 0.3 is 0 Å². The van der Waals surface area contributed by atoms with E-state index in [2.05, 4.69) is 15.0 Å². The van der Waals surface area contributed by atoms with Crippen molar-refractivity contribution in [2.24, 2.45) is 0 Å². The molecular formula is C13H17N3O2S2. The smallest absolute Gasteiger partial charge is 0.244 e. The third-order valence-corrected chi connectivity index (χ3v) is 5.25. The lowest BCUT2D eigenvalue weighted by molar-refractivity contribution is 0.581. The molecular weight excluding hydrogens is 294 g/mol. The van der Waals surface area contributed by atoms with Gasteiger partial charge in [-0.05, 0) is 43.0 Å². The van der Waals surface area contributed by atoms with Crippen LogP contribution in [0.15, 0.2) is 34.7 Å². The highest BCUT2D eigenvalue weighted by atomic mass is 32.2. The first-order valence-corrected chi connectivity index (χ1v) is 8.62. The van der Waals surface area contributed by atoms with Gasteiger partial charge in [-0.15, -0.1) is 11.3 Å². The molecule has 0 aromatic carbocycles. The molecule has 20 heavy (non-hydrogen) atoms. The zero-order valence-corrected chi connectivity index (χ0v) is 13.0. The molecule has 2 heterocycles. The Hall–Kier alpha value is -1.44. The first-order valence-electron chi connectivity index (χ1n) is 6.26. The monoisotopic (exact) mass is 311 g/mol. The van der Waals surface area contributed by atoms with Gasteiger partial charge in [-0.25, -0.2) is 18.1 Å². The van der Waals surface area contributed by atoms with E-state index in [4.69, 9.17) is 0 Å². The van der Waals surface area contributed by atoms with Crippen molar-refractivity contribution in [3.05, 3.63) is 40.2 Å². The number of aryl methyl sites for hydroxylation is 1. The molecule has 108 valence electrons. The molecule has 2 aromatic rings. The summed E-state index contributed by atoms with van der Waals surface area (Å²) in [7, 11) is -3.57. The minimum absolute atomic E-state index is 0.177. The van der Waals surface area contributed by atoms with E-state index in [1.165, 1.54) is 0 Å². The van der Waals surface area contributed by atoms with Gasteiger partial charge in [-0.1, -0.05) is 0 Å². The SMILES string of the molecule is CCNc1ncccc1S(=O)(=O)NCc1sccc1C. The highest BCUT2D eigenvalue weighted by molar-refractivity contribution is 7.89. The summed E-state index contributed by atoms with van der Waals surface area (Å²) >= 11 is 1.54. The molecule has 0 saturated heterocycles. The first kappa shape index (κ1) is 15.0. The number of aromatic nitrogens is 1. The van der Waals surface area contributed by atoms with E-state index < -0.39 is 10.0 Å². The summed E-state index contributed by atoms with van der Waals surface area (Å²) in [4.78, 5) is 5.26. The second-order valence-corrected chi connectivity index (χ2v) is 6.97. The fourth-order valence-electron chi connectivity index (χ4n) is 1.73. The summed E-state index contributed by atoms with van der Waals surface area (Å²) < 4.78 is 27.3. The van der Waals surface area contributed by atoms with Crippen molar-refractivity contribution in [2.75, 3.05) is 11.9 Å². The number of nitrogens with one attached hydrogen (secondary N) is 2. The van der Waals surface area contributed by atoms with Crippen molar-refractivity contribution in [2.45, 2.75) is 25.3 Å². The Balaban J connectivity index is 2.20. The number of hydrogen-bond acceptors (Lipinski definition) is 5. The van der Waals surface area contributed by atoms with Crippen molar-refractivity contribution in [1.82, 2.24) is 9.71 Å². The number of sulfonamides is 1. The molecule has 0 fully saturated rings. The van der Waals surface area contributed by atoms with Gasteiger partial charge in [0.2, 0.25) is 10.0 Å². The molecule has 0 aliphatic heterocycles. The largest absolute Gasteiger partial charge is 0.369 e. The maximum Gasteiger partial charge on any atom is 0.244 e. The number of nitrogens with zero attached hydrogens (tertiary/aromatic N) is 1. The zero-order valence-electron chi connectivity index (χ0n) is 11.4. The average molecular weight is 311 g/mol. The number of thiophene rings is 1. The summed E-state index contributed by atoms with van der Waals surface area (Å²) in [5, 5.41) is 4.91. The molecule has 0 saturated carbocycles. The van der Waals surface area contributed by atoms with Gasteiger partial charge < -0.3 is 5.32 Å². The lowest BCUT2D eigenvalue weighted by atomic mass is 10.3. The van der Waals surface area contributed by atoms with Crippen LogP contribution in [0, 0.1) is 6.92 Å². The number of pyridine rings is 1. The lowest BCUT2D eigenvalue weighted by Crippen LogP contribution is -2.24. The van der Waals surface area contributed by atoms with Crippen molar-refractivity contribution >= 4 is 27.2 Å². The van der Waals surface area contributed by atoms with Crippen LogP contribution in [-0.2, 0) is 16.6 Å². The summed E-state index contributed by atoms with van der Waals surface area (Å²) in [6, 6.07) is 5.14. The van der Waals surface area contributed by atoms with Crippen LogP contribution in [0.2, 0.25) is 0 Å². The normalized spacial score (nSPS) is 11.5. The van der Waals surface area contributed by atoms with E-state index in [1.54, 1.807) is 29.7 Å². The van der Waals surface area contributed by atoms with Crippen molar-refractivity contribution in [1.29, 1.82) is 0 Å². The van der Waals surface area contributed by atoms with Crippen molar-refractivity contribution in [3.63, 3.8) is 0 Å². The van der Waals surface area contributed by atoms with Gasteiger partial charge in [0.25, 0.3) is 0 Å². The Morgan fingerprint density at radius 2 is 2.15 bits per heavy atom. The number of rotatable bonds is 6. The Morgan fingerprint density at radius 1 is 1.35 bits per heavy atom. The van der Waals surface area contributed by atoms with E-state index in [-0.39, 0.29) is 4.90 Å². The fraction of sp³-hybridized carbons (Fsp3) is 0.308. The quantitative estimate of drug-likeness (QED) is 0.859. The van der Waals surface area contributed by atoms with Gasteiger partial charge in [0, 0.05) is 24.2 Å². The first-order chi connectivity index (χ1) is 9.54. The molecule has 0 aliphatic carbocycles. The Labute approximate surface area is 123 Å². The van der Waals surface area contributed by atoms with Crippen LogP contribution >= 0.6 is 11.3 Å². The standard InChI is InChI=1S/C13H17N3O2S2/c1-3-14-13-12(5-4-7-15-13)20(17,18)16-9-11-10(2)6-8-19-11/h4-8,16H,3,9H2,1-2H3,(H,14,15). The topological polar surface area (TPSA) is 71.1 Å². The maximum atomic E-state index is 12.3. The Morgan fingerprint density at radius 3 is 2.80 bits per heavy atom. The molecule has 0 amide bonds. The molecule has 0 spiro atoms. The van der Waals surface area contributed by atoms with E-state index >= 15 is 0 Å². The summed E-state index contributed by atoms with van der Waals surface area (Å²) in [5.41, 5.74) is 1.09. The third-order valence-electron chi connectivity index (χ3n) is 2.80. The molecule has 7 heteroatoms. The predicted molar refractivity (Wildman–Crippen MR) is 81.5 cm³/mol. The van der Waals surface area contributed by atoms with Gasteiger partial charge in [0.15, 0.2) is 0 Å². The second kappa shape index (κ2) is 6.34. The lowest BCUT2D eigenvalue weighted by Gasteiger charge is -2.11. The fourth-order valence-corrected chi connectivity index (χ4v) is 3.80. The van der Waals surface area contributed by atoms with Crippen molar-refractivity contribution in [3.8, 4) is 0 Å². The van der Waals surface area contributed by atoms with Gasteiger partial charge in [-0.2, -0.15) is 0 Å². The molecule has 0 aliphatic rings. The van der Waals surface area contributed by atoms with E-state index in [9.17, 15) is 8.42 Å². The third kappa shape index (κ3) is 3.36. The number of hydrogen-bond donors (Lipinski definition) is 2. The molecule has 5 nitrogen and oxygen atoms in total. The second-order valence-electron chi connectivity index (χ2n) is 4.23. The number of anilines is 1. The highest BCUT2D eigenvalue weighted by Crippen LogP contribution is 2.20. The van der Waals surface area contributed by atoms with Crippen LogP contribution in [0.4, 0.5) is 5.82 Å². The molecule has 2 aromatic heterocycles. The van der Waals surface area contributed by atoms with Crippen LogP contribution in [0.5, 0.6) is 0 Å². The predicted octanol–water partition coefficient (Wildman–Crippen LogP) is 2.36. The van der Waals surface area contributed by atoms with Crippen molar-refractivity contribution < 1.29 is 8.42 Å². The summed E-state index contributed by atoms with van der Waals surface area (Å²) in [6.07, 6.45) is 1.57. The summed E-state index contributed by atoms with van der Waals surface area (Å²) in [5.74, 6) is 0.380. The molecule has 2 N–H and O–H groups in total. The minimum Gasteiger partial charge on any atom is -0.369 e. The van der Waals surface area contributed by atoms with Crippen LogP contribution in [0.1, 0.15) is 17.4 Å². The van der Waals surface area contributed by atoms with E-state index in [0.717, 1.165) is 10.4 Å². The van der Waals surface area contributed by atoms with Crippen LogP contribution in [0.3, 0.4) is 0 Å². The van der Waals surface area contributed by atoms with Gasteiger partial charge in [0.1, 0.15) is 10.7 Å². The maximum absolute atomic E-state index is 12.3. The highest BCUT2D eigenvalue weighted by Gasteiger charge is 2.19. The zero-order chi connectivity index (χ0) is 14.6. The summed E-state index contributed by atoms with van der Waals surface area (Å²) in [6.45, 7) is 4.78. The van der Waals surface area contributed by atoms with Gasteiger partial charge in [0.05, 0.1) is 0 Å². The Kier molecular flexibility index (Phi) is 4.74. The van der Waals surface area contributed by atoms with E-state index in [0.29, 0.717) is 18.9 Å². The van der Waals surface area contributed by atoms with Gasteiger partial charge in [-0.3, -0.25) is 0 Å². The molecule has 2 rings (SSSR count).